The zero-order valence-electron chi connectivity index (χ0n) is 10.9. The van der Waals surface area contributed by atoms with Gasteiger partial charge in [-0.15, -0.1) is 23.1 Å². The van der Waals surface area contributed by atoms with E-state index >= 15 is 0 Å². The van der Waals surface area contributed by atoms with Crippen LogP contribution < -0.4 is 4.90 Å². The van der Waals surface area contributed by atoms with E-state index in [1.807, 2.05) is 11.0 Å². The standard InChI is InChI=1S/C15H15NOS2/c1-10-6-11(2)8-12(7-10)16-14(17)9-19-15(16)13-4-3-5-18-13/h3-8,15H,9H2,1-2H3/t15-/m1/s1. The zero-order chi connectivity index (χ0) is 13.4. The van der Waals surface area contributed by atoms with Gasteiger partial charge in [-0.25, -0.2) is 0 Å². The number of benzene rings is 1. The van der Waals surface area contributed by atoms with E-state index in [1.54, 1.807) is 23.1 Å². The average molecular weight is 289 g/mol. The number of rotatable bonds is 2. The molecule has 0 aliphatic carbocycles. The number of amides is 1. The summed E-state index contributed by atoms with van der Waals surface area (Å²) in [7, 11) is 0. The van der Waals surface area contributed by atoms with Crippen molar-refractivity contribution in [2.45, 2.75) is 19.2 Å². The molecule has 1 aromatic heterocycles. The lowest BCUT2D eigenvalue weighted by atomic mass is 10.1. The third-order valence-corrected chi connectivity index (χ3v) is 5.41. The first kappa shape index (κ1) is 12.8. The largest absolute Gasteiger partial charge is 0.294 e. The summed E-state index contributed by atoms with van der Waals surface area (Å²) in [5.41, 5.74) is 3.42. The normalized spacial score (nSPS) is 19.2. The smallest absolute Gasteiger partial charge is 0.238 e. The van der Waals surface area contributed by atoms with E-state index < -0.39 is 0 Å². The van der Waals surface area contributed by atoms with E-state index in [4.69, 9.17) is 0 Å². The molecule has 1 atom stereocenters. The van der Waals surface area contributed by atoms with Crippen molar-refractivity contribution in [3.8, 4) is 0 Å². The average Bonchev–Trinajstić information content (AvgIpc) is 2.95. The lowest BCUT2D eigenvalue weighted by Gasteiger charge is -2.24. The van der Waals surface area contributed by atoms with Crippen molar-refractivity contribution >= 4 is 34.7 Å². The molecule has 1 amide bonds. The number of nitrogens with zero attached hydrogens (tertiary/aromatic N) is 1. The SMILES string of the molecule is Cc1cc(C)cc(N2C(=O)CS[C@@H]2c2cccs2)c1. The fourth-order valence-electron chi connectivity index (χ4n) is 2.44. The van der Waals surface area contributed by atoms with E-state index in [0.29, 0.717) is 5.75 Å². The number of aryl methyl sites for hydroxylation is 2. The van der Waals surface area contributed by atoms with Crippen molar-refractivity contribution in [3.05, 3.63) is 51.7 Å². The number of hydrogen-bond acceptors (Lipinski definition) is 3. The Morgan fingerprint density at radius 3 is 2.58 bits per heavy atom. The molecule has 98 valence electrons. The van der Waals surface area contributed by atoms with Gasteiger partial charge in [0.05, 0.1) is 5.75 Å². The van der Waals surface area contributed by atoms with Gasteiger partial charge >= 0.3 is 0 Å². The predicted octanol–water partition coefficient (Wildman–Crippen LogP) is 4.14. The molecule has 0 bridgehead atoms. The molecule has 2 heterocycles. The number of hydrogen-bond donors (Lipinski definition) is 0. The molecule has 1 fully saturated rings. The van der Waals surface area contributed by atoms with Gasteiger partial charge in [-0.3, -0.25) is 9.69 Å². The van der Waals surface area contributed by atoms with Gasteiger partial charge in [0.1, 0.15) is 5.37 Å². The molecule has 19 heavy (non-hydrogen) atoms. The number of carbonyl (C=O) groups excluding carboxylic acids is 1. The predicted molar refractivity (Wildman–Crippen MR) is 82.9 cm³/mol. The van der Waals surface area contributed by atoms with Crippen LogP contribution in [0.1, 0.15) is 21.4 Å². The van der Waals surface area contributed by atoms with E-state index in [2.05, 4.69) is 43.5 Å². The Kier molecular flexibility index (Phi) is 3.37. The van der Waals surface area contributed by atoms with Crippen molar-refractivity contribution in [1.29, 1.82) is 0 Å². The van der Waals surface area contributed by atoms with Gasteiger partial charge in [0.25, 0.3) is 0 Å². The molecule has 0 radical (unpaired) electrons. The summed E-state index contributed by atoms with van der Waals surface area (Å²) in [5.74, 6) is 0.767. The summed E-state index contributed by atoms with van der Waals surface area (Å²) in [4.78, 5) is 15.4. The zero-order valence-corrected chi connectivity index (χ0v) is 12.6. The molecular formula is C15H15NOS2. The van der Waals surface area contributed by atoms with Gasteiger partial charge in [-0.2, -0.15) is 0 Å². The van der Waals surface area contributed by atoms with Crippen LogP contribution in [0.25, 0.3) is 0 Å². The highest BCUT2D eigenvalue weighted by molar-refractivity contribution is 8.01. The maximum atomic E-state index is 12.2. The number of thiophene rings is 1. The van der Waals surface area contributed by atoms with Crippen molar-refractivity contribution < 1.29 is 4.79 Å². The van der Waals surface area contributed by atoms with Crippen molar-refractivity contribution in [2.24, 2.45) is 0 Å². The van der Waals surface area contributed by atoms with Gasteiger partial charge in [0, 0.05) is 10.6 Å². The second-order valence-corrected chi connectivity index (χ2v) is 6.84. The molecule has 0 spiro atoms. The molecule has 1 aliphatic heterocycles. The molecule has 0 saturated carbocycles. The van der Waals surface area contributed by atoms with Crippen LogP contribution in [-0.2, 0) is 4.79 Å². The molecule has 2 aromatic rings. The molecule has 0 unspecified atom stereocenters. The highest BCUT2D eigenvalue weighted by Crippen LogP contribution is 2.43. The van der Waals surface area contributed by atoms with E-state index in [9.17, 15) is 4.79 Å². The summed E-state index contributed by atoms with van der Waals surface area (Å²) in [6, 6.07) is 10.5. The highest BCUT2D eigenvalue weighted by Gasteiger charge is 2.34. The molecule has 0 N–H and O–H groups in total. The number of thioether (sulfide) groups is 1. The second kappa shape index (κ2) is 5.02. The van der Waals surface area contributed by atoms with Crippen molar-refractivity contribution in [3.63, 3.8) is 0 Å². The lowest BCUT2D eigenvalue weighted by molar-refractivity contribution is -0.115. The second-order valence-electron chi connectivity index (χ2n) is 4.79. The van der Waals surface area contributed by atoms with Crippen LogP contribution in [0.15, 0.2) is 35.7 Å². The van der Waals surface area contributed by atoms with Crippen LogP contribution >= 0.6 is 23.1 Å². The fraction of sp³-hybridized carbons (Fsp3) is 0.267. The minimum Gasteiger partial charge on any atom is -0.294 e. The molecule has 2 nitrogen and oxygen atoms in total. The third kappa shape index (κ3) is 2.42. The Bertz CT molecular complexity index is 586. The number of anilines is 1. The first-order chi connectivity index (χ1) is 9.15. The summed E-state index contributed by atoms with van der Waals surface area (Å²) in [6.07, 6.45) is 0. The molecule has 4 heteroatoms. The van der Waals surface area contributed by atoms with Crippen molar-refractivity contribution in [2.75, 3.05) is 10.7 Å². The molecular weight excluding hydrogens is 274 g/mol. The lowest BCUT2D eigenvalue weighted by Crippen LogP contribution is -2.27. The van der Waals surface area contributed by atoms with E-state index in [1.165, 1.54) is 16.0 Å². The quantitative estimate of drug-likeness (QED) is 0.828. The minimum absolute atomic E-state index is 0.133. The van der Waals surface area contributed by atoms with Gasteiger partial charge in [-0.05, 0) is 48.6 Å². The van der Waals surface area contributed by atoms with E-state index in [0.717, 1.165) is 5.69 Å². The summed E-state index contributed by atoms with van der Waals surface area (Å²) < 4.78 is 0. The van der Waals surface area contributed by atoms with Crippen molar-refractivity contribution in [1.82, 2.24) is 0 Å². The van der Waals surface area contributed by atoms with Crippen LogP contribution in [0.5, 0.6) is 0 Å². The first-order valence-corrected chi connectivity index (χ1v) is 8.13. The molecule has 1 aliphatic rings. The molecule has 1 aromatic carbocycles. The summed E-state index contributed by atoms with van der Waals surface area (Å²) >= 11 is 3.42. The first-order valence-electron chi connectivity index (χ1n) is 6.20. The van der Waals surface area contributed by atoms with Crippen LogP contribution in [0.2, 0.25) is 0 Å². The van der Waals surface area contributed by atoms with Gasteiger partial charge in [0.2, 0.25) is 5.91 Å². The molecule has 1 saturated heterocycles. The Morgan fingerprint density at radius 2 is 1.95 bits per heavy atom. The Hall–Kier alpha value is -1.26. The number of carbonyl (C=O) groups is 1. The van der Waals surface area contributed by atoms with E-state index in [-0.39, 0.29) is 11.3 Å². The molecule has 3 rings (SSSR count). The highest BCUT2D eigenvalue weighted by atomic mass is 32.2. The monoisotopic (exact) mass is 289 g/mol. The fourth-order valence-corrected chi connectivity index (χ4v) is 4.57. The van der Waals surface area contributed by atoms with Crippen LogP contribution in [0, 0.1) is 13.8 Å². The van der Waals surface area contributed by atoms with Gasteiger partial charge in [0.15, 0.2) is 0 Å². The minimum atomic E-state index is 0.133. The maximum absolute atomic E-state index is 12.2. The third-order valence-electron chi connectivity index (χ3n) is 3.14. The maximum Gasteiger partial charge on any atom is 0.238 e. The topological polar surface area (TPSA) is 20.3 Å². The Balaban J connectivity index is 2.02. The Labute approximate surface area is 121 Å². The summed E-state index contributed by atoms with van der Waals surface area (Å²) in [6.45, 7) is 4.15. The Morgan fingerprint density at radius 1 is 1.21 bits per heavy atom. The van der Waals surface area contributed by atoms with Crippen LogP contribution in [-0.4, -0.2) is 11.7 Å². The van der Waals surface area contributed by atoms with Crippen LogP contribution in [0.3, 0.4) is 0 Å². The van der Waals surface area contributed by atoms with Gasteiger partial charge < -0.3 is 0 Å². The van der Waals surface area contributed by atoms with Gasteiger partial charge in [-0.1, -0.05) is 12.1 Å². The summed E-state index contributed by atoms with van der Waals surface area (Å²) in [5, 5.41) is 2.20. The van der Waals surface area contributed by atoms with Crippen LogP contribution in [0.4, 0.5) is 5.69 Å².